The lowest BCUT2D eigenvalue weighted by atomic mass is 10.0. The molecule has 0 aliphatic heterocycles. The van der Waals surface area contributed by atoms with Crippen molar-refractivity contribution >= 4 is 16.5 Å². The molecule has 2 heteroatoms. The number of hydrogen-bond donors (Lipinski definition) is 1. The minimum absolute atomic E-state index is 0.555. The molecule has 0 amide bonds. The average molecular weight is 276 g/mol. The maximum Gasteiger partial charge on any atom is 0.0401 e. The first-order valence-corrected chi connectivity index (χ1v) is 7.39. The Morgan fingerprint density at radius 2 is 1.90 bits per heavy atom. The van der Waals surface area contributed by atoms with Crippen LogP contribution in [0.15, 0.2) is 60.9 Å². The van der Waals surface area contributed by atoms with Gasteiger partial charge in [-0.15, -0.1) is 0 Å². The second-order valence-corrected chi connectivity index (χ2v) is 5.69. The molecule has 0 saturated carbocycles. The van der Waals surface area contributed by atoms with Crippen LogP contribution in [0.2, 0.25) is 0 Å². The predicted molar refractivity (Wildman–Crippen MR) is 89.6 cm³/mol. The van der Waals surface area contributed by atoms with Gasteiger partial charge in [0.25, 0.3) is 0 Å². The Morgan fingerprint density at radius 3 is 2.76 bits per heavy atom. The SMILES string of the molecule is CC(C)c1cccc(NCc2ccc3cnccc3c2)c1. The third-order valence-corrected chi connectivity index (χ3v) is 3.75. The lowest BCUT2D eigenvalue weighted by Gasteiger charge is -2.11. The molecule has 0 unspecified atom stereocenters. The van der Waals surface area contributed by atoms with E-state index in [1.54, 1.807) is 0 Å². The Hall–Kier alpha value is -2.35. The largest absolute Gasteiger partial charge is 0.381 e. The molecule has 0 spiro atoms. The second-order valence-electron chi connectivity index (χ2n) is 5.69. The van der Waals surface area contributed by atoms with E-state index in [4.69, 9.17) is 0 Å². The summed E-state index contributed by atoms with van der Waals surface area (Å²) in [6, 6.07) is 17.2. The highest BCUT2D eigenvalue weighted by atomic mass is 14.9. The first-order valence-electron chi connectivity index (χ1n) is 7.39. The molecule has 0 fully saturated rings. The molecule has 0 atom stereocenters. The topological polar surface area (TPSA) is 24.9 Å². The summed E-state index contributed by atoms with van der Waals surface area (Å²) >= 11 is 0. The van der Waals surface area contributed by atoms with Crippen LogP contribution in [-0.2, 0) is 6.54 Å². The molecular formula is C19H20N2. The lowest BCUT2D eigenvalue weighted by Crippen LogP contribution is -2.00. The van der Waals surface area contributed by atoms with Gasteiger partial charge in [-0.1, -0.05) is 38.1 Å². The van der Waals surface area contributed by atoms with Gasteiger partial charge in [0, 0.05) is 30.0 Å². The van der Waals surface area contributed by atoms with E-state index in [1.807, 2.05) is 12.4 Å². The number of hydrogen-bond acceptors (Lipinski definition) is 2. The molecule has 0 aliphatic carbocycles. The minimum Gasteiger partial charge on any atom is -0.381 e. The number of aromatic nitrogens is 1. The first-order chi connectivity index (χ1) is 10.2. The normalized spacial score (nSPS) is 11.0. The molecule has 1 aromatic heterocycles. The Kier molecular flexibility index (Phi) is 3.87. The number of pyridine rings is 1. The zero-order valence-electron chi connectivity index (χ0n) is 12.5. The molecule has 21 heavy (non-hydrogen) atoms. The molecule has 0 saturated heterocycles. The van der Waals surface area contributed by atoms with E-state index in [0.29, 0.717) is 5.92 Å². The standard InChI is InChI=1S/C19H20N2/c1-14(2)16-4-3-5-19(11-16)21-12-15-6-7-18-13-20-9-8-17(18)10-15/h3-11,13-14,21H,12H2,1-2H3. The molecular weight excluding hydrogens is 256 g/mol. The predicted octanol–water partition coefficient (Wildman–Crippen LogP) is 4.97. The van der Waals surface area contributed by atoms with Crippen molar-refractivity contribution in [2.24, 2.45) is 0 Å². The molecule has 3 rings (SSSR count). The average Bonchev–Trinajstić information content (AvgIpc) is 2.53. The van der Waals surface area contributed by atoms with Gasteiger partial charge in [0.05, 0.1) is 0 Å². The first kappa shape index (κ1) is 13.6. The Morgan fingerprint density at radius 1 is 1.00 bits per heavy atom. The van der Waals surface area contributed by atoms with Gasteiger partial charge in [0.15, 0.2) is 0 Å². The van der Waals surface area contributed by atoms with Gasteiger partial charge in [0.2, 0.25) is 0 Å². The molecule has 2 aromatic carbocycles. The van der Waals surface area contributed by atoms with Gasteiger partial charge >= 0.3 is 0 Å². The van der Waals surface area contributed by atoms with Crippen LogP contribution in [0, 0.1) is 0 Å². The van der Waals surface area contributed by atoms with Gasteiger partial charge in [-0.25, -0.2) is 0 Å². The molecule has 106 valence electrons. The van der Waals surface area contributed by atoms with E-state index in [-0.39, 0.29) is 0 Å². The zero-order chi connectivity index (χ0) is 14.7. The molecule has 1 heterocycles. The third-order valence-electron chi connectivity index (χ3n) is 3.75. The van der Waals surface area contributed by atoms with Crippen molar-refractivity contribution in [3.63, 3.8) is 0 Å². The molecule has 0 aliphatic rings. The van der Waals surface area contributed by atoms with Crippen LogP contribution in [0.5, 0.6) is 0 Å². The fourth-order valence-corrected chi connectivity index (χ4v) is 2.45. The molecule has 0 radical (unpaired) electrons. The van der Waals surface area contributed by atoms with Crippen molar-refractivity contribution in [2.45, 2.75) is 26.3 Å². The van der Waals surface area contributed by atoms with Gasteiger partial charge in [-0.3, -0.25) is 4.98 Å². The monoisotopic (exact) mass is 276 g/mol. The molecule has 3 aromatic rings. The summed E-state index contributed by atoms with van der Waals surface area (Å²) in [4.78, 5) is 4.15. The summed E-state index contributed by atoms with van der Waals surface area (Å²) in [6.07, 6.45) is 3.74. The highest BCUT2D eigenvalue weighted by Crippen LogP contribution is 2.20. The number of nitrogens with one attached hydrogen (secondary N) is 1. The molecule has 1 N–H and O–H groups in total. The van der Waals surface area contributed by atoms with E-state index in [2.05, 4.69) is 72.7 Å². The Balaban J connectivity index is 1.75. The summed E-state index contributed by atoms with van der Waals surface area (Å²) in [6.45, 7) is 5.27. The van der Waals surface area contributed by atoms with Crippen molar-refractivity contribution in [3.05, 3.63) is 72.1 Å². The van der Waals surface area contributed by atoms with Crippen molar-refractivity contribution in [1.82, 2.24) is 4.98 Å². The van der Waals surface area contributed by atoms with E-state index >= 15 is 0 Å². The van der Waals surface area contributed by atoms with Gasteiger partial charge in [0.1, 0.15) is 0 Å². The van der Waals surface area contributed by atoms with Crippen LogP contribution in [0.1, 0.15) is 30.9 Å². The van der Waals surface area contributed by atoms with E-state index < -0.39 is 0 Å². The number of fused-ring (bicyclic) bond motifs is 1. The lowest BCUT2D eigenvalue weighted by molar-refractivity contribution is 0.866. The van der Waals surface area contributed by atoms with Crippen molar-refractivity contribution < 1.29 is 0 Å². The van der Waals surface area contributed by atoms with Gasteiger partial charge in [-0.2, -0.15) is 0 Å². The third kappa shape index (κ3) is 3.22. The van der Waals surface area contributed by atoms with Crippen LogP contribution in [0.3, 0.4) is 0 Å². The highest BCUT2D eigenvalue weighted by Gasteiger charge is 2.01. The maximum atomic E-state index is 4.15. The van der Waals surface area contributed by atoms with E-state index in [0.717, 1.165) is 6.54 Å². The summed E-state index contributed by atoms with van der Waals surface area (Å²) in [5, 5.41) is 5.92. The van der Waals surface area contributed by atoms with Gasteiger partial charge in [-0.05, 0) is 46.7 Å². The van der Waals surface area contributed by atoms with Crippen molar-refractivity contribution in [3.8, 4) is 0 Å². The number of nitrogens with zero attached hydrogens (tertiary/aromatic N) is 1. The maximum absolute atomic E-state index is 4.15. The Bertz CT molecular complexity index is 747. The summed E-state index contributed by atoms with van der Waals surface area (Å²) < 4.78 is 0. The summed E-state index contributed by atoms with van der Waals surface area (Å²) in [7, 11) is 0. The Labute approximate surface area is 125 Å². The summed E-state index contributed by atoms with van der Waals surface area (Å²) in [5.74, 6) is 0.555. The molecule has 2 nitrogen and oxygen atoms in total. The van der Waals surface area contributed by atoms with E-state index in [1.165, 1.54) is 27.6 Å². The van der Waals surface area contributed by atoms with Crippen LogP contribution >= 0.6 is 0 Å². The van der Waals surface area contributed by atoms with Crippen LogP contribution < -0.4 is 5.32 Å². The summed E-state index contributed by atoms with van der Waals surface area (Å²) in [5.41, 5.74) is 3.82. The second kappa shape index (κ2) is 5.96. The minimum atomic E-state index is 0.555. The highest BCUT2D eigenvalue weighted by molar-refractivity contribution is 5.82. The van der Waals surface area contributed by atoms with Crippen molar-refractivity contribution in [2.75, 3.05) is 5.32 Å². The zero-order valence-corrected chi connectivity index (χ0v) is 12.5. The van der Waals surface area contributed by atoms with Crippen LogP contribution in [0.25, 0.3) is 10.8 Å². The fourth-order valence-electron chi connectivity index (χ4n) is 2.45. The van der Waals surface area contributed by atoms with Crippen LogP contribution in [0.4, 0.5) is 5.69 Å². The van der Waals surface area contributed by atoms with E-state index in [9.17, 15) is 0 Å². The number of rotatable bonds is 4. The molecule has 0 bridgehead atoms. The van der Waals surface area contributed by atoms with Crippen molar-refractivity contribution in [1.29, 1.82) is 0 Å². The smallest absolute Gasteiger partial charge is 0.0401 e. The fraction of sp³-hybridized carbons (Fsp3) is 0.211. The van der Waals surface area contributed by atoms with Crippen LogP contribution in [-0.4, -0.2) is 4.98 Å². The van der Waals surface area contributed by atoms with Gasteiger partial charge < -0.3 is 5.32 Å². The number of anilines is 1. The quantitative estimate of drug-likeness (QED) is 0.727. The number of benzene rings is 2.